The van der Waals surface area contributed by atoms with Crippen LogP contribution in [-0.2, 0) is 19.3 Å². The monoisotopic (exact) mass is 794 g/mol. The van der Waals surface area contributed by atoms with E-state index >= 15 is 0 Å². The molecule has 6 aromatic carbocycles. The minimum Gasteiger partial charge on any atom is -0.307 e. The number of aryl methyl sites for hydroxylation is 1. The summed E-state index contributed by atoms with van der Waals surface area (Å²) in [5.41, 5.74) is 16.0. The molecule has 0 radical (unpaired) electrons. The summed E-state index contributed by atoms with van der Waals surface area (Å²) in [4.78, 5) is 0. The molecule has 0 saturated carbocycles. The number of nitriles is 2. The molecule has 0 fully saturated rings. The maximum absolute atomic E-state index is 12.2. The average Bonchev–Trinajstić information content (AvgIpc) is 4.06. The Kier molecular flexibility index (Phi) is 7.41. The zero-order valence-electron chi connectivity index (χ0n) is 33.9. The number of allylic oxidation sites excluding steroid dienone is 3. The van der Waals surface area contributed by atoms with E-state index in [2.05, 4.69) is 188 Å². The molecule has 0 atom stereocenters. The first-order chi connectivity index (χ1) is 30.8. The van der Waals surface area contributed by atoms with Gasteiger partial charge < -0.3 is 18.3 Å². The van der Waals surface area contributed by atoms with Crippen LogP contribution in [0.1, 0.15) is 64.2 Å². The first-order valence-electron chi connectivity index (χ1n) is 21.7. The molecule has 6 nitrogen and oxygen atoms in total. The topological polar surface area (TPSA) is 67.3 Å². The molecule has 4 aromatic heterocycles. The number of nitrogens with zero attached hydrogens (tertiary/aromatic N) is 6. The molecule has 0 bridgehead atoms. The van der Waals surface area contributed by atoms with E-state index in [-0.39, 0.29) is 0 Å². The smallest absolute Gasteiger partial charge is 0.104 e. The van der Waals surface area contributed by atoms with E-state index in [1.54, 1.807) is 0 Å². The summed E-state index contributed by atoms with van der Waals surface area (Å²) in [5, 5.41) is 29.9. The van der Waals surface area contributed by atoms with E-state index in [4.69, 9.17) is 0 Å². The van der Waals surface area contributed by atoms with Gasteiger partial charge in [0.1, 0.15) is 23.3 Å². The molecule has 0 saturated heterocycles. The molecule has 0 aliphatic heterocycles. The lowest BCUT2D eigenvalue weighted by molar-refractivity contribution is 0.922. The highest BCUT2D eigenvalue weighted by Gasteiger charge is 2.36. The predicted molar refractivity (Wildman–Crippen MR) is 253 cm³/mol. The Hall–Kier alpha value is -8.06. The minimum atomic E-state index is 0.442. The van der Waals surface area contributed by atoms with Gasteiger partial charge in [-0.25, -0.2) is 0 Å². The average molecular weight is 795 g/mol. The van der Waals surface area contributed by atoms with Crippen LogP contribution in [0.25, 0.3) is 95.5 Å². The molecular weight excluding hydrogens is 757 g/mol. The van der Waals surface area contributed by atoms with Gasteiger partial charge in [-0.05, 0) is 104 Å². The maximum Gasteiger partial charge on any atom is 0.104 e. The van der Waals surface area contributed by atoms with E-state index in [1.807, 2.05) is 0 Å². The Bertz CT molecular complexity index is 3630. The van der Waals surface area contributed by atoms with Gasteiger partial charge in [0.25, 0.3) is 0 Å². The predicted octanol–water partition coefficient (Wildman–Crippen LogP) is 13.2. The van der Waals surface area contributed by atoms with Gasteiger partial charge in [0.05, 0.1) is 50.3 Å². The van der Waals surface area contributed by atoms with E-state index in [0.717, 1.165) is 127 Å². The van der Waals surface area contributed by atoms with E-state index in [9.17, 15) is 10.5 Å². The second kappa shape index (κ2) is 13.2. The van der Waals surface area contributed by atoms with Gasteiger partial charge in [0.15, 0.2) is 0 Å². The number of hydrogen-bond donors (Lipinski definition) is 0. The number of fused-ring (bicyclic) bond motifs is 12. The lowest BCUT2D eigenvalue weighted by Crippen LogP contribution is -2.18. The zero-order valence-corrected chi connectivity index (χ0v) is 33.9. The Morgan fingerprint density at radius 1 is 0.339 bits per heavy atom. The van der Waals surface area contributed by atoms with Gasteiger partial charge in [-0.1, -0.05) is 109 Å². The molecule has 3 aliphatic carbocycles. The Morgan fingerprint density at radius 3 is 1.11 bits per heavy atom. The van der Waals surface area contributed by atoms with Crippen molar-refractivity contribution in [2.75, 3.05) is 0 Å². The van der Waals surface area contributed by atoms with E-state index in [1.165, 1.54) is 16.7 Å². The highest BCUT2D eigenvalue weighted by atomic mass is 15.1. The third-order valence-electron chi connectivity index (χ3n) is 13.7. The van der Waals surface area contributed by atoms with Crippen molar-refractivity contribution in [1.82, 2.24) is 18.3 Å². The van der Waals surface area contributed by atoms with Crippen LogP contribution in [0.4, 0.5) is 0 Å². The molecule has 10 aromatic rings. The van der Waals surface area contributed by atoms with Gasteiger partial charge in [-0.15, -0.1) is 0 Å². The fourth-order valence-corrected chi connectivity index (χ4v) is 11.2. The molecule has 0 unspecified atom stereocenters. The molecule has 6 heteroatoms. The summed E-state index contributed by atoms with van der Waals surface area (Å²) in [6.07, 6.45) is 19.1. The van der Waals surface area contributed by atoms with Crippen molar-refractivity contribution >= 4 is 72.7 Å². The van der Waals surface area contributed by atoms with E-state index in [0.29, 0.717) is 16.8 Å². The number of hydrogen-bond acceptors (Lipinski definition) is 2. The first kappa shape index (κ1) is 34.8. The molecule has 292 valence electrons. The van der Waals surface area contributed by atoms with Gasteiger partial charge in [0, 0.05) is 44.0 Å². The summed E-state index contributed by atoms with van der Waals surface area (Å²) in [6.45, 7) is 0. The first-order valence-corrected chi connectivity index (χ1v) is 21.7. The fourth-order valence-electron chi connectivity index (χ4n) is 11.2. The second-order valence-corrected chi connectivity index (χ2v) is 16.7. The van der Waals surface area contributed by atoms with Gasteiger partial charge in [-0.2, -0.15) is 10.5 Å². The Morgan fingerprint density at radius 2 is 0.677 bits per heavy atom. The van der Waals surface area contributed by atoms with Crippen molar-refractivity contribution in [2.45, 2.75) is 38.5 Å². The van der Waals surface area contributed by atoms with Crippen LogP contribution in [0, 0.1) is 22.7 Å². The highest BCUT2D eigenvalue weighted by molar-refractivity contribution is 6.13. The van der Waals surface area contributed by atoms with Crippen LogP contribution in [0.2, 0.25) is 0 Å². The van der Waals surface area contributed by atoms with Crippen molar-refractivity contribution in [3.8, 4) is 34.9 Å². The summed E-state index contributed by atoms with van der Waals surface area (Å²) in [7, 11) is 0. The summed E-state index contributed by atoms with van der Waals surface area (Å²) in [5.74, 6) is 0. The molecule has 3 aliphatic rings. The van der Waals surface area contributed by atoms with Crippen molar-refractivity contribution < 1.29 is 0 Å². The molecule has 0 amide bonds. The van der Waals surface area contributed by atoms with Gasteiger partial charge in [0.2, 0.25) is 0 Å². The van der Waals surface area contributed by atoms with Crippen LogP contribution >= 0.6 is 0 Å². The molecule has 0 N–H and O–H groups in total. The third-order valence-corrected chi connectivity index (χ3v) is 13.7. The van der Waals surface area contributed by atoms with Crippen molar-refractivity contribution in [1.29, 1.82) is 10.5 Å². The molecular formula is C56H38N6. The fraction of sp³-hybridized carbons (Fsp3) is 0.107. The van der Waals surface area contributed by atoms with Crippen molar-refractivity contribution in [2.24, 2.45) is 0 Å². The zero-order chi connectivity index (χ0) is 41.1. The summed E-state index contributed by atoms with van der Waals surface area (Å²) >= 11 is 0. The molecule has 13 rings (SSSR count). The SMILES string of the molecule is N#Cc1c(-n2c3c(c4c2C=CCC4)CCC=C3)c(-n2c3ccccc3c3ccccc32)c(-n2c3ccccc3c3ccccc32)c(C#N)c1-n1c2c(c3ccccc31)CCC=C2. The van der Waals surface area contributed by atoms with E-state index < -0.39 is 0 Å². The second-order valence-electron chi connectivity index (χ2n) is 16.7. The number of rotatable bonds is 4. The van der Waals surface area contributed by atoms with Crippen LogP contribution in [0.3, 0.4) is 0 Å². The summed E-state index contributed by atoms with van der Waals surface area (Å²) < 4.78 is 9.30. The molecule has 0 spiro atoms. The highest BCUT2D eigenvalue weighted by Crippen LogP contribution is 2.49. The Labute approximate surface area is 358 Å². The summed E-state index contributed by atoms with van der Waals surface area (Å²) in [6, 6.07) is 48.4. The standard InChI is InChI=1S/C56H38N6/c57-33-43-53(59-45-25-9-1-17-35(45)36-18-2-10-26-46(36)59)44(34-58)55(61-49-29-13-5-21-39(49)40-22-6-14-30-50(40)61)56(62-51-31-15-7-23-41(51)42-24-8-16-32-52(42)62)54(43)60-47-27-11-3-19-37(47)38-20-4-12-28-48(38)60/h1,3-4,7-17,19-20,23-32H,2,5-6,18,21-22H2. The Balaban J connectivity index is 1.37. The van der Waals surface area contributed by atoms with Crippen LogP contribution in [0.5, 0.6) is 0 Å². The minimum absolute atomic E-state index is 0.442. The van der Waals surface area contributed by atoms with Crippen LogP contribution in [-0.4, -0.2) is 18.3 Å². The lowest BCUT2D eigenvalue weighted by atomic mass is 9.94. The van der Waals surface area contributed by atoms with Crippen molar-refractivity contribution in [3.63, 3.8) is 0 Å². The number of para-hydroxylation sites is 5. The molecule has 4 heterocycles. The molecule has 62 heavy (non-hydrogen) atoms. The third kappa shape index (κ3) is 4.56. The normalized spacial score (nSPS) is 14.2. The van der Waals surface area contributed by atoms with Gasteiger partial charge >= 0.3 is 0 Å². The maximum atomic E-state index is 12.2. The number of aromatic nitrogens is 4. The number of benzene rings is 6. The van der Waals surface area contributed by atoms with Crippen LogP contribution in [0.15, 0.2) is 140 Å². The largest absolute Gasteiger partial charge is 0.307 e. The lowest BCUT2D eigenvalue weighted by Gasteiger charge is -2.28. The van der Waals surface area contributed by atoms with Crippen LogP contribution < -0.4 is 0 Å². The quantitative estimate of drug-likeness (QED) is 0.178. The van der Waals surface area contributed by atoms with Gasteiger partial charge in [-0.3, -0.25) is 0 Å². The van der Waals surface area contributed by atoms with Crippen molar-refractivity contribution in [3.05, 3.63) is 184 Å².